The van der Waals surface area contributed by atoms with Crippen LogP contribution in [0.3, 0.4) is 0 Å². The van der Waals surface area contributed by atoms with Crippen LogP contribution in [0.4, 0.5) is 0 Å². The van der Waals surface area contributed by atoms with Crippen molar-refractivity contribution in [1.29, 1.82) is 0 Å². The molecule has 2 saturated heterocycles. The predicted molar refractivity (Wildman–Crippen MR) is 95.3 cm³/mol. The number of hydrogen-bond donors (Lipinski definition) is 0. The molecule has 2 aliphatic heterocycles. The monoisotopic (exact) mass is 380 g/mol. The fourth-order valence-electron chi connectivity index (χ4n) is 3.40. The SMILES string of the molecule is CC(=O)c1ccc(S(=O)(=O)N2CCC(C(=O)N3CCOCC3)CC2)cc1. The lowest BCUT2D eigenvalue weighted by Crippen LogP contribution is -2.47. The first-order valence-corrected chi connectivity index (χ1v) is 10.3. The molecule has 1 amide bonds. The third-order valence-corrected chi connectivity index (χ3v) is 6.94. The number of ether oxygens (including phenoxy) is 1. The van der Waals surface area contributed by atoms with Crippen LogP contribution >= 0.6 is 0 Å². The van der Waals surface area contributed by atoms with E-state index in [4.69, 9.17) is 4.74 Å². The number of carbonyl (C=O) groups excluding carboxylic acids is 2. The topological polar surface area (TPSA) is 84.0 Å². The fraction of sp³-hybridized carbons (Fsp3) is 0.556. The minimum atomic E-state index is -3.60. The van der Waals surface area contributed by atoms with E-state index in [0.717, 1.165) is 0 Å². The predicted octanol–water partition coefficient (Wildman–Crippen LogP) is 1.15. The van der Waals surface area contributed by atoms with Crippen molar-refractivity contribution in [3.05, 3.63) is 29.8 Å². The average Bonchev–Trinajstić information content (AvgIpc) is 2.68. The first-order chi connectivity index (χ1) is 12.4. The van der Waals surface area contributed by atoms with E-state index in [0.29, 0.717) is 57.8 Å². The van der Waals surface area contributed by atoms with Gasteiger partial charge in [-0.1, -0.05) is 12.1 Å². The summed E-state index contributed by atoms with van der Waals surface area (Å²) in [7, 11) is -3.60. The van der Waals surface area contributed by atoms with Gasteiger partial charge in [0.1, 0.15) is 0 Å². The number of benzene rings is 1. The van der Waals surface area contributed by atoms with Gasteiger partial charge in [-0.3, -0.25) is 9.59 Å². The third-order valence-electron chi connectivity index (χ3n) is 5.02. The van der Waals surface area contributed by atoms with Crippen molar-refractivity contribution in [2.75, 3.05) is 39.4 Å². The Hall–Kier alpha value is -1.77. The van der Waals surface area contributed by atoms with Crippen molar-refractivity contribution in [2.24, 2.45) is 5.92 Å². The maximum absolute atomic E-state index is 12.8. The van der Waals surface area contributed by atoms with Crippen LogP contribution in [-0.2, 0) is 19.6 Å². The first kappa shape index (κ1) is 19.0. The van der Waals surface area contributed by atoms with E-state index in [1.54, 1.807) is 0 Å². The van der Waals surface area contributed by atoms with Gasteiger partial charge in [-0.05, 0) is 31.9 Å². The van der Waals surface area contributed by atoms with E-state index in [-0.39, 0.29) is 22.5 Å². The van der Waals surface area contributed by atoms with Gasteiger partial charge in [0.2, 0.25) is 15.9 Å². The summed E-state index contributed by atoms with van der Waals surface area (Å²) in [5.41, 5.74) is 0.485. The Morgan fingerprint density at radius 1 is 1.00 bits per heavy atom. The second-order valence-corrected chi connectivity index (χ2v) is 8.63. The maximum Gasteiger partial charge on any atom is 0.243 e. The van der Waals surface area contributed by atoms with E-state index >= 15 is 0 Å². The van der Waals surface area contributed by atoms with Crippen LogP contribution in [0.25, 0.3) is 0 Å². The van der Waals surface area contributed by atoms with Crippen LogP contribution in [0, 0.1) is 5.92 Å². The summed E-state index contributed by atoms with van der Waals surface area (Å²) >= 11 is 0. The minimum absolute atomic E-state index is 0.101. The summed E-state index contributed by atoms with van der Waals surface area (Å²) in [5, 5.41) is 0. The largest absolute Gasteiger partial charge is 0.378 e. The summed E-state index contributed by atoms with van der Waals surface area (Å²) in [6.07, 6.45) is 1.06. The highest BCUT2D eigenvalue weighted by Crippen LogP contribution is 2.25. The second-order valence-electron chi connectivity index (χ2n) is 6.70. The molecule has 0 aromatic heterocycles. The Morgan fingerprint density at radius 3 is 2.12 bits per heavy atom. The van der Waals surface area contributed by atoms with Crippen molar-refractivity contribution < 1.29 is 22.7 Å². The normalized spacial score (nSPS) is 20.1. The molecule has 2 fully saturated rings. The molecule has 142 valence electrons. The maximum atomic E-state index is 12.8. The molecule has 2 aliphatic rings. The van der Waals surface area contributed by atoms with Gasteiger partial charge in [-0.15, -0.1) is 0 Å². The quantitative estimate of drug-likeness (QED) is 0.732. The number of nitrogens with zero attached hydrogens (tertiary/aromatic N) is 2. The number of rotatable bonds is 4. The molecule has 1 aromatic carbocycles. The van der Waals surface area contributed by atoms with Crippen LogP contribution in [0.2, 0.25) is 0 Å². The number of ketones is 1. The molecule has 2 heterocycles. The zero-order valence-electron chi connectivity index (χ0n) is 14.9. The molecule has 7 nitrogen and oxygen atoms in total. The molecular formula is C18H24N2O5S. The van der Waals surface area contributed by atoms with E-state index < -0.39 is 10.0 Å². The molecule has 0 aliphatic carbocycles. The van der Waals surface area contributed by atoms with Crippen LogP contribution in [0.15, 0.2) is 29.2 Å². The molecule has 3 rings (SSSR count). The van der Waals surface area contributed by atoms with Crippen LogP contribution in [0.5, 0.6) is 0 Å². The number of amides is 1. The lowest BCUT2D eigenvalue weighted by molar-refractivity contribution is -0.140. The van der Waals surface area contributed by atoms with Crippen molar-refractivity contribution in [3.63, 3.8) is 0 Å². The molecule has 0 saturated carbocycles. The zero-order valence-corrected chi connectivity index (χ0v) is 15.7. The number of hydrogen-bond acceptors (Lipinski definition) is 5. The van der Waals surface area contributed by atoms with Gasteiger partial charge in [-0.2, -0.15) is 4.31 Å². The number of Topliss-reactive ketones (excluding diaryl/α,β-unsaturated/α-hetero) is 1. The summed E-state index contributed by atoms with van der Waals surface area (Å²) in [4.78, 5) is 25.9. The van der Waals surface area contributed by atoms with Crippen molar-refractivity contribution >= 4 is 21.7 Å². The van der Waals surface area contributed by atoms with Crippen molar-refractivity contribution in [2.45, 2.75) is 24.7 Å². The number of piperidine rings is 1. The van der Waals surface area contributed by atoms with Crippen LogP contribution in [0.1, 0.15) is 30.1 Å². The van der Waals surface area contributed by atoms with Gasteiger partial charge in [-0.25, -0.2) is 8.42 Å². The Morgan fingerprint density at radius 2 is 1.58 bits per heavy atom. The Labute approximate surface area is 154 Å². The highest BCUT2D eigenvalue weighted by atomic mass is 32.2. The average molecular weight is 380 g/mol. The molecular weight excluding hydrogens is 356 g/mol. The van der Waals surface area contributed by atoms with Gasteiger partial charge in [0.25, 0.3) is 0 Å². The van der Waals surface area contributed by atoms with Crippen LogP contribution in [-0.4, -0.2) is 68.7 Å². The molecule has 0 atom stereocenters. The molecule has 8 heteroatoms. The number of carbonyl (C=O) groups is 2. The molecule has 0 N–H and O–H groups in total. The second kappa shape index (κ2) is 7.85. The number of morpholine rings is 1. The molecule has 0 radical (unpaired) electrons. The lowest BCUT2D eigenvalue weighted by atomic mass is 9.96. The van der Waals surface area contributed by atoms with E-state index in [9.17, 15) is 18.0 Å². The van der Waals surface area contributed by atoms with Gasteiger partial charge in [0.05, 0.1) is 18.1 Å². The van der Waals surface area contributed by atoms with Crippen LogP contribution < -0.4 is 0 Å². The molecule has 0 bridgehead atoms. The zero-order chi connectivity index (χ0) is 18.7. The van der Waals surface area contributed by atoms with Gasteiger partial charge in [0, 0.05) is 37.7 Å². The van der Waals surface area contributed by atoms with Gasteiger partial charge >= 0.3 is 0 Å². The van der Waals surface area contributed by atoms with E-state index in [1.165, 1.54) is 35.5 Å². The van der Waals surface area contributed by atoms with Gasteiger partial charge < -0.3 is 9.64 Å². The highest BCUT2D eigenvalue weighted by Gasteiger charge is 2.34. The molecule has 26 heavy (non-hydrogen) atoms. The Kier molecular flexibility index (Phi) is 5.74. The molecule has 0 unspecified atom stereocenters. The third kappa shape index (κ3) is 3.97. The summed E-state index contributed by atoms with van der Waals surface area (Å²) in [6.45, 7) is 4.46. The minimum Gasteiger partial charge on any atom is -0.378 e. The summed E-state index contributed by atoms with van der Waals surface area (Å²) in [6, 6.07) is 6.00. The summed E-state index contributed by atoms with van der Waals surface area (Å²) in [5.74, 6) is -0.118. The highest BCUT2D eigenvalue weighted by molar-refractivity contribution is 7.89. The van der Waals surface area contributed by atoms with Crippen molar-refractivity contribution in [3.8, 4) is 0 Å². The smallest absolute Gasteiger partial charge is 0.243 e. The number of sulfonamides is 1. The molecule has 1 aromatic rings. The Balaban J connectivity index is 1.63. The van der Waals surface area contributed by atoms with E-state index in [1.807, 2.05) is 4.90 Å². The first-order valence-electron chi connectivity index (χ1n) is 8.87. The van der Waals surface area contributed by atoms with Crippen molar-refractivity contribution in [1.82, 2.24) is 9.21 Å². The lowest BCUT2D eigenvalue weighted by Gasteiger charge is -2.35. The Bertz CT molecular complexity index is 761. The molecule has 0 spiro atoms. The fourth-order valence-corrected chi connectivity index (χ4v) is 4.87. The standard InChI is InChI=1S/C18H24N2O5S/c1-14(21)15-2-4-17(5-3-15)26(23,24)20-8-6-16(7-9-20)18(22)19-10-12-25-13-11-19/h2-5,16H,6-13H2,1H3. The summed E-state index contributed by atoms with van der Waals surface area (Å²) < 4.78 is 32.2. The van der Waals surface area contributed by atoms with E-state index in [2.05, 4.69) is 0 Å². The van der Waals surface area contributed by atoms with Gasteiger partial charge in [0.15, 0.2) is 5.78 Å².